The minimum absolute atomic E-state index is 0.0793. The van der Waals surface area contributed by atoms with Crippen molar-refractivity contribution in [1.29, 1.82) is 0 Å². The Bertz CT molecular complexity index is 178. The lowest BCUT2D eigenvalue weighted by Crippen LogP contribution is -2.50. The van der Waals surface area contributed by atoms with Gasteiger partial charge in [-0.05, 0) is 33.6 Å². The third-order valence-corrected chi connectivity index (χ3v) is 2.32. The minimum atomic E-state index is -0.587. The van der Waals surface area contributed by atoms with E-state index in [1.54, 1.807) is 20.8 Å². The third kappa shape index (κ3) is 5.19. The quantitative estimate of drug-likeness (QED) is 0.548. The number of amides is 1. The van der Waals surface area contributed by atoms with E-state index in [1.165, 1.54) is 0 Å². The molecule has 0 saturated carbocycles. The Morgan fingerprint density at radius 2 is 2.00 bits per heavy atom. The number of rotatable bonds is 6. The molecule has 0 aromatic carbocycles. The van der Waals surface area contributed by atoms with Crippen LogP contribution in [0.5, 0.6) is 0 Å². The lowest BCUT2D eigenvalue weighted by molar-refractivity contribution is -0.124. The van der Waals surface area contributed by atoms with E-state index in [-0.39, 0.29) is 12.5 Å². The van der Waals surface area contributed by atoms with Crippen molar-refractivity contribution in [2.45, 2.75) is 51.7 Å². The predicted octanol–water partition coefficient (Wildman–Crippen LogP) is 0.425. The molecule has 0 heterocycles. The van der Waals surface area contributed by atoms with Crippen molar-refractivity contribution >= 4 is 5.91 Å². The molecule has 1 amide bonds. The van der Waals surface area contributed by atoms with Gasteiger partial charge in [0.25, 0.3) is 0 Å². The normalized spacial score (nSPS) is 13.8. The number of carbonyl (C=O) groups excluding carboxylic acids is 1. The van der Waals surface area contributed by atoms with Gasteiger partial charge in [-0.25, -0.2) is 0 Å². The fraction of sp³-hybridized carbons (Fsp3) is 0.900. The van der Waals surface area contributed by atoms with Crippen molar-refractivity contribution in [2.75, 3.05) is 6.61 Å². The summed E-state index contributed by atoms with van der Waals surface area (Å²) in [4.78, 5) is 11.3. The number of hydrogen-bond acceptors (Lipinski definition) is 3. The van der Waals surface area contributed by atoms with E-state index in [1.807, 2.05) is 0 Å². The molecule has 14 heavy (non-hydrogen) atoms. The Kier molecular flexibility index (Phi) is 5.72. The van der Waals surface area contributed by atoms with Gasteiger partial charge in [0.15, 0.2) is 0 Å². The van der Waals surface area contributed by atoms with Crippen molar-refractivity contribution < 1.29 is 15.0 Å². The van der Waals surface area contributed by atoms with Gasteiger partial charge in [0, 0.05) is 13.0 Å². The third-order valence-electron chi connectivity index (χ3n) is 2.32. The maximum absolute atomic E-state index is 11.3. The zero-order valence-electron chi connectivity index (χ0n) is 9.21. The van der Waals surface area contributed by atoms with Gasteiger partial charge < -0.3 is 15.5 Å². The molecule has 0 radical (unpaired) electrons. The number of carbonyl (C=O) groups is 1. The molecule has 1 unspecified atom stereocenters. The molecule has 0 spiro atoms. The van der Waals surface area contributed by atoms with Crippen LogP contribution < -0.4 is 5.32 Å². The van der Waals surface area contributed by atoms with E-state index in [9.17, 15) is 9.90 Å². The molecule has 4 heteroatoms. The minimum Gasteiger partial charge on any atom is -0.396 e. The second-order valence-electron chi connectivity index (χ2n) is 4.13. The Morgan fingerprint density at radius 3 is 2.43 bits per heavy atom. The van der Waals surface area contributed by atoms with Gasteiger partial charge in [-0.3, -0.25) is 4.79 Å². The van der Waals surface area contributed by atoms with Gasteiger partial charge in [0.05, 0.1) is 11.6 Å². The molecule has 0 bridgehead atoms. The fourth-order valence-electron chi connectivity index (χ4n) is 0.924. The molecule has 0 aliphatic carbocycles. The van der Waals surface area contributed by atoms with Crippen LogP contribution in [0.2, 0.25) is 0 Å². The van der Waals surface area contributed by atoms with Gasteiger partial charge in [-0.1, -0.05) is 0 Å². The van der Waals surface area contributed by atoms with Crippen LogP contribution in [0.3, 0.4) is 0 Å². The fourth-order valence-corrected chi connectivity index (χ4v) is 0.924. The Balaban J connectivity index is 3.82. The average Bonchev–Trinajstić information content (AvgIpc) is 2.03. The van der Waals surface area contributed by atoms with Crippen LogP contribution in [0.4, 0.5) is 0 Å². The van der Waals surface area contributed by atoms with E-state index in [4.69, 9.17) is 5.11 Å². The molecule has 0 aromatic heterocycles. The molecule has 4 nitrogen and oxygen atoms in total. The summed E-state index contributed by atoms with van der Waals surface area (Å²) in [6, 6.07) is 0. The summed E-state index contributed by atoms with van der Waals surface area (Å²) >= 11 is 0. The van der Waals surface area contributed by atoms with Gasteiger partial charge >= 0.3 is 0 Å². The molecule has 0 aromatic rings. The highest BCUT2D eigenvalue weighted by molar-refractivity contribution is 5.76. The first-order chi connectivity index (χ1) is 6.40. The molecule has 0 rings (SSSR count). The first-order valence-electron chi connectivity index (χ1n) is 5.00. The second kappa shape index (κ2) is 5.98. The molecule has 3 N–H and O–H groups in total. The van der Waals surface area contributed by atoms with E-state index in [0.29, 0.717) is 19.3 Å². The molecular weight excluding hydrogens is 182 g/mol. The topological polar surface area (TPSA) is 69.6 Å². The lowest BCUT2D eigenvalue weighted by Gasteiger charge is -2.29. The first-order valence-corrected chi connectivity index (χ1v) is 5.00. The highest BCUT2D eigenvalue weighted by Crippen LogP contribution is 2.09. The van der Waals surface area contributed by atoms with Crippen LogP contribution in [0, 0.1) is 0 Å². The SMILES string of the molecule is CC(O)C(C)(C)NC(=O)CCCCO. The van der Waals surface area contributed by atoms with Gasteiger partial charge in [0.2, 0.25) is 5.91 Å². The first kappa shape index (κ1) is 13.4. The largest absolute Gasteiger partial charge is 0.396 e. The predicted molar refractivity (Wildman–Crippen MR) is 54.8 cm³/mol. The highest BCUT2D eigenvalue weighted by atomic mass is 16.3. The number of aliphatic hydroxyl groups is 2. The summed E-state index contributed by atoms with van der Waals surface area (Å²) in [5.74, 6) is -0.0793. The standard InChI is InChI=1S/C10H21NO3/c1-8(13)10(2,3)11-9(14)6-4-5-7-12/h8,12-13H,4-7H2,1-3H3,(H,11,14). The summed E-state index contributed by atoms with van der Waals surface area (Å²) < 4.78 is 0. The van der Waals surface area contributed by atoms with Crippen LogP contribution >= 0.6 is 0 Å². The Morgan fingerprint density at radius 1 is 1.43 bits per heavy atom. The van der Waals surface area contributed by atoms with E-state index in [0.717, 1.165) is 0 Å². The van der Waals surface area contributed by atoms with Gasteiger partial charge in [-0.2, -0.15) is 0 Å². The van der Waals surface area contributed by atoms with Crippen LogP contribution in [0.25, 0.3) is 0 Å². The maximum atomic E-state index is 11.3. The van der Waals surface area contributed by atoms with Crippen molar-refractivity contribution in [1.82, 2.24) is 5.32 Å². The van der Waals surface area contributed by atoms with Crippen LogP contribution in [-0.2, 0) is 4.79 Å². The number of nitrogens with one attached hydrogen (secondary N) is 1. The zero-order chi connectivity index (χ0) is 11.2. The Hall–Kier alpha value is -0.610. The molecule has 0 aliphatic heterocycles. The average molecular weight is 203 g/mol. The summed E-state index contributed by atoms with van der Waals surface area (Å²) in [6.07, 6.45) is 1.14. The number of hydrogen-bond donors (Lipinski definition) is 3. The van der Waals surface area contributed by atoms with Gasteiger partial charge in [0.1, 0.15) is 0 Å². The summed E-state index contributed by atoms with van der Waals surface area (Å²) in [5.41, 5.74) is -0.587. The van der Waals surface area contributed by atoms with Crippen molar-refractivity contribution in [3.8, 4) is 0 Å². The molecule has 0 aliphatic rings. The summed E-state index contributed by atoms with van der Waals surface area (Å²) in [5, 5.41) is 20.6. The van der Waals surface area contributed by atoms with Crippen LogP contribution in [0.1, 0.15) is 40.0 Å². The molecule has 0 saturated heterocycles. The summed E-state index contributed by atoms with van der Waals surface area (Å²) in [7, 11) is 0. The van der Waals surface area contributed by atoms with Gasteiger partial charge in [-0.15, -0.1) is 0 Å². The lowest BCUT2D eigenvalue weighted by atomic mass is 9.98. The number of aliphatic hydroxyl groups excluding tert-OH is 2. The zero-order valence-corrected chi connectivity index (χ0v) is 9.21. The van der Waals surface area contributed by atoms with Crippen LogP contribution in [-0.4, -0.2) is 34.4 Å². The smallest absolute Gasteiger partial charge is 0.220 e. The van der Waals surface area contributed by atoms with E-state index < -0.39 is 11.6 Å². The van der Waals surface area contributed by atoms with Crippen LogP contribution in [0.15, 0.2) is 0 Å². The molecular formula is C10H21NO3. The summed E-state index contributed by atoms with van der Waals surface area (Å²) in [6.45, 7) is 5.32. The van der Waals surface area contributed by atoms with Crippen molar-refractivity contribution in [3.63, 3.8) is 0 Å². The highest BCUT2D eigenvalue weighted by Gasteiger charge is 2.25. The number of unbranched alkanes of at least 4 members (excludes halogenated alkanes) is 1. The Labute approximate surface area is 85.3 Å². The monoisotopic (exact) mass is 203 g/mol. The van der Waals surface area contributed by atoms with E-state index in [2.05, 4.69) is 5.32 Å². The van der Waals surface area contributed by atoms with E-state index >= 15 is 0 Å². The molecule has 1 atom stereocenters. The second-order valence-corrected chi connectivity index (χ2v) is 4.13. The van der Waals surface area contributed by atoms with Crippen molar-refractivity contribution in [3.05, 3.63) is 0 Å². The maximum Gasteiger partial charge on any atom is 0.220 e. The molecule has 84 valence electrons. The molecule has 0 fully saturated rings. The van der Waals surface area contributed by atoms with Crippen molar-refractivity contribution in [2.24, 2.45) is 0 Å².